The van der Waals surface area contributed by atoms with Gasteiger partial charge in [-0.05, 0) is 13.8 Å². The number of carbonyl (C=O) groups is 1. The lowest BCUT2D eigenvalue weighted by Gasteiger charge is -2.23. The van der Waals surface area contributed by atoms with Gasteiger partial charge in [-0.25, -0.2) is 0 Å². The number of rotatable bonds is 3. The van der Waals surface area contributed by atoms with Crippen molar-refractivity contribution in [2.45, 2.75) is 44.2 Å². The fourth-order valence-electron chi connectivity index (χ4n) is 2.73. The van der Waals surface area contributed by atoms with Crippen molar-refractivity contribution in [3.63, 3.8) is 0 Å². The Hall–Kier alpha value is -1.27. The third-order valence-corrected chi connectivity index (χ3v) is 3.56. The number of hydrogen-bond donors (Lipinski definition) is 0. The normalized spacial score (nSPS) is 35.0. The Balaban J connectivity index is 1.85. The lowest BCUT2D eigenvalue weighted by molar-refractivity contribution is -0.220. The highest BCUT2D eigenvalue weighted by Crippen LogP contribution is 2.39. The molecule has 2 saturated heterocycles. The maximum absolute atomic E-state index is 12.5. The lowest BCUT2D eigenvalue weighted by atomic mass is 10.0. The van der Waals surface area contributed by atoms with Crippen molar-refractivity contribution < 1.29 is 23.7 Å². The van der Waals surface area contributed by atoms with E-state index in [0.29, 0.717) is 5.56 Å². The van der Waals surface area contributed by atoms with E-state index in [2.05, 4.69) is 0 Å². The second kappa shape index (κ2) is 4.93. The summed E-state index contributed by atoms with van der Waals surface area (Å²) < 4.78 is 22.5. The van der Waals surface area contributed by atoms with Crippen molar-refractivity contribution in [3.05, 3.63) is 35.9 Å². The van der Waals surface area contributed by atoms with E-state index in [1.807, 2.05) is 32.0 Å². The van der Waals surface area contributed by atoms with Gasteiger partial charge in [0.1, 0.15) is 12.2 Å². The summed E-state index contributed by atoms with van der Waals surface area (Å²) in [5.74, 6) is -0.841. The first-order valence-electron chi connectivity index (χ1n) is 6.65. The number of fused-ring (bicyclic) bond motifs is 1. The lowest BCUT2D eigenvalue weighted by Crippen LogP contribution is -2.35. The largest absolute Gasteiger partial charge is 0.353 e. The predicted octanol–water partition coefficient (Wildman–Crippen LogP) is 1.76. The first-order valence-corrected chi connectivity index (χ1v) is 6.65. The van der Waals surface area contributed by atoms with Crippen molar-refractivity contribution in [2.24, 2.45) is 0 Å². The number of methoxy groups -OCH3 is 1. The average Bonchev–Trinajstić information content (AvgIpc) is 2.92. The molecule has 0 bridgehead atoms. The molecule has 2 aliphatic heterocycles. The van der Waals surface area contributed by atoms with Crippen LogP contribution in [0.4, 0.5) is 0 Å². The van der Waals surface area contributed by atoms with Crippen LogP contribution in [-0.2, 0) is 18.9 Å². The summed E-state index contributed by atoms with van der Waals surface area (Å²) >= 11 is 0. The van der Waals surface area contributed by atoms with E-state index >= 15 is 0 Å². The molecule has 108 valence electrons. The van der Waals surface area contributed by atoms with E-state index in [9.17, 15) is 4.79 Å². The highest BCUT2D eigenvalue weighted by Gasteiger charge is 2.57. The highest BCUT2D eigenvalue weighted by atomic mass is 16.8. The zero-order valence-corrected chi connectivity index (χ0v) is 11.7. The minimum Gasteiger partial charge on any atom is -0.353 e. The van der Waals surface area contributed by atoms with Gasteiger partial charge >= 0.3 is 0 Å². The fraction of sp³-hybridized carbons (Fsp3) is 0.533. The van der Waals surface area contributed by atoms with Crippen LogP contribution in [0, 0.1) is 0 Å². The molecule has 0 radical (unpaired) electrons. The molecule has 0 aromatic heterocycles. The maximum atomic E-state index is 12.5. The van der Waals surface area contributed by atoms with E-state index in [4.69, 9.17) is 18.9 Å². The predicted molar refractivity (Wildman–Crippen MR) is 70.3 cm³/mol. The molecule has 1 aromatic carbocycles. The highest BCUT2D eigenvalue weighted by molar-refractivity contribution is 6.00. The number of hydrogen-bond acceptors (Lipinski definition) is 5. The Labute approximate surface area is 117 Å². The molecular weight excluding hydrogens is 260 g/mol. The average molecular weight is 278 g/mol. The first kappa shape index (κ1) is 13.7. The fourth-order valence-corrected chi connectivity index (χ4v) is 2.73. The summed E-state index contributed by atoms with van der Waals surface area (Å²) in [6, 6.07) is 9.04. The van der Waals surface area contributed by atoms with Gasteiger partial charge in [0, 0.05) is 12.7 Å². The van der Waals surface area contributed by atoms with E-state index in [0.717, 1.165) is 0 Å². The van der Waals surface area contributed by atoms with E-state index in [-0.39, 0.29) is 11.9 Å². The second-order valence-electron chi connectivity index (χ2n) is 5.46. The molecule has 2 heterocycles. The topological polar surface area (TPSA) is 54.0 Å². The third kappa shape index (κ3) is 2.27. The van der Waals surface area contributed by atoms with Gasteiger partial charge in [0.25, 0.3) is 0 Å². The summed E-state index contributed by atoms with van der Waals surface area (Å²) in [5, 5.41) is 0. The molecule has 20 heavy (non-hydrogen) atoms. The Morgan fingerprint density at radius 3 is 2.45 bits per heavy atom. The van der Waals surface area contributed by atoms with E-state index < -0.39 is 24.3 Å². The molecule has 0 aliphatic carbocycles. The van der Waals surface area contributed by atoms with Crippen molar-refractivity contribution in [1.82, 2.24) is 0 Å². The summed E-state index contributed by atoms with van der Waals surface area (Å²) in [4.78, 5) is 12.5. The molecular formula is C15H18O5. The second-order valence-corrected chi connectivity index (χ2v) is 5.46. The summed E-state index contributed by atoms with van der Waals surface area (Å²) in [6.45, 7) is 3.64. The van der Waals surface area contributed by atoms with Crippen molar-refractivity contribution in [2.75, 3.05) is 7.11 Å². The molecule has 1 aromatic rings. The minimum absolute atomic E-state index is 0.110. The maximum Gasteiger partial charge on any atom is 0.194 e. The molecule has 2 aliphatic rings. The van der Waals surface area contributed by atoms with Crippen molar-refractivity contribution in [1.29, 1.82) is 0 Å². The van der Waals surface area contributed by atoms with Gasteiger partial charge in [0.05, 0.1) is 0 Å². The van der Waals surface area contributed by atoms with Gasteiger partial charge in [-0.2, -0.15) is 0 Å². The smallest absolute Gasteiger partial charge is 0.194 e. The molecule has 4 atom stereocenters. The van der Waals surface area contributed by atoms with Crippen LogP contribution in [0.2, 0.25) is 0 Å². The Kier molecular flexibility index (Phi) is 3.38. The molecule has 2 fully saturated rings. The standard InChI is InChI=1S/C15H18O5/c1-15(2)19-12-11(18-14(17-3)13(12)20-15)10(16)9-7-5-4-6-8-9/h4-8,11-14H,1-3H3. The van der Waals surface area contributed by atoms with Gasteiger partial charge in [-0.1, -0.05) is 30.3 Å². The number of Topliss-reactive ketones (excluding diaryl/α,β-unsaturated/α-hetero) is 1. The minimum atomic E-state index is -0.731. The van der Waals surface area contributed by atoms with Crippen LogP contribution in [0.1, 0.15) is 24.2 Å². The SMILES string of the molecule is COC1OC(C(=O)c2ccccc2)C2OC(C)(C)OC12. The number of ether oxygens (including phenoxy) is 4. The van der Waals surface area contributed by atoms with Crippen molar-refractivity contribution in [3.8, 4) is 0 Å². The zero-order valence-electron chi connectivity index (χ0n) is 11.7. The molecule has 0 N–H and O–H groups in total. The van der Waals surface area contributed by atoms with Gasteiger partial charge in [-0.15, -0.1) is 0 Å². The summed E-state index contributed by atoms with van der Waals surface area (Å²) in [5.41, 5.74) is 0.598. The zero-order chi connectivity index (χ0) is 14.3. The van der Waals surface area contributed by atoms with Crippen molar-refractivity contribution >= 4 is 5.78 Å². The Morgan fingerprint density at radius 1 is 1.15 bits per heavy atom. The van der Waals surface area contributed by atoms with Crippen LogP contribution in [0.15, 0.2) is 30.3 Å². The van der Waals surface area contributed by atoms with Crippen LogP contribution in [0.5, 0.6) is 0 Å². The molecule has 0 spiro atoms. The Morgan fingerprint density at radius 2 is 1.80 bits per heavy atom. The van der Waals surface area contributed by atoms with Crippen LogP contribution in [0.3, 0.4) is 0 Å². The summed E-state index contributed by atoms with van der Waals surface area (Å²) in [6.07, 6.45) is -2.11. The molecule has 0 saturated carbocycles. The van der Waals surface area contributed by atoms with Crippen LogP contribution in [-0.4, -0.2) is 43.3 Å². The van der Waals surface area contributed by atoms with Gasteiger partial charge in [0.2, 0.25) is 0 Å². The van der Waals surface area contributed by atoms with Crippen LogP contribution < -0.4 is 0 Å². The van der Waals surface area contributed by atoms with Gasteiger partial charge in [0.15, 0.2) is 24.0 Å². The molecule has 5 nitrogen and oxygen atoms in total. The molecule has 4 unspecified atom stereocenters. The molecule has 0 amide bonds. The van der Waals surface area contributed by atoms with Crippen LogP contribution in [0.25, 0.3) is 0 Å². The summed E-state index contributed by atoms with van der Waals surface area (Å²) in [7, 11) is 1.53. The molecule has 5 heteroatoms. The van der Waals surface area contributed by atoms with E-state index in [1.54, 1.807) is 12.1 Å². The number of ketones is 1. The first-order chi connectivity index (χ1) is 9.52. The van der Waals surface area contributed by atoms with Gasteiger partial charge < -0.3 is 18.9 Å². The number of carbonyl (C=O) groups excluding carboxylic acids is 1. The monoisotopic (exact) mass is 278 g/mol. The van der Waals surface area contributed by atoms with E-state index in [1.165, 1.54) is 7.11 Å². The molecule has 3 rings (SSSR count). The third-order valence-electron chi connectivity index (χ3n) is 3.56. The van der Waals surface area contributed by atoms with Crippen LogP contribution >= 0.6 is 0 Å². The number of benzene rings is 1. The van der Waals surface area contributed by atoms with Gasteiger partial charge in [-0.3, -0.25) is 4.79 Å². The quantitative estimate of drug-likeness (QED) is 0.789. The Bertz CT molecular complexity index is 498.